The Morgan fingerprint density at radius 1 is 1.17 bits per heavy atom. The van der Waals surface area contributed by atoms with Gasteiger partial charge in [0, 0.05) is 43.9 Å². The third-order valence-corrected chi connectivity index (χ3v) is 5.21. The molecular weight excluding hydrogens is 312 g/mol. The summed E-state index contributed by atoms with van der Waals surface area (Å²) in [6.07, 6.45) is -0.712. The lowest BCUT2D eigenvalue weighted by molar-refractivity contribution is 1.08. The average Bonchev–Trinajstić information content (AvgIpc) is 3.02. The van der Waals surface area contributed by atoms with E-state index in [2.05, 4.69) is 9.97 Å². The topological polar surface area (TPSA) is 25.8 Å². The van der Waals surface area contributed by atoms with E-state index in [4.69, 9.17) is 11.0 Å². The summed E-state index contributed by atoms with van der Waals surface area (Å²) in [7, 11) is 0. The molecule has 0 N–H and O–H groups in total. The first-order valence-corrected chi connectivity index (χ1v) is 8.34. The van der Waals surface area contributed by atoms with E-state index in [0.29, 0.717) is 26.2 Å². The van der Waals surface area contributed by atoms with Crippen molar-refractivity contribution < 1.29 is 11.0 Å². The number of hydrogen-bond acceptors (Lipinski definition) is 3. The zero-order chi connectivity index (χ0) is 23.6. The minimum absolute atomic E-state index is 0.0330. The monoisotopic (exact) mass is 340 g/mol. The molecule has 0 amide bonds. The average molecular weight is 341 g/mol. The highest BCUT2D eigenvalue weighted by atomic mass is 32.1. The first-order chi connectivity index (χ1) is 14.7. The molecule has 4 aromatic rings. The Hall–Kier alpha value is -2.26. The van der Waals surface area contributed by atoms with E-state index >= 15 is 0 Å². The molecule has 0 aliphatic heterocycles. The molecule has 0 saturated heterocycles. The number of rotatable bonds is 2. The Balaban J connectivity index is 2.08. The number of aromatic nitrogens is 2. The number of benzene rings is 1. The summed E-state index contributed by atoms with van der Waals surface area (Å²) in [6, 6.07) is 8.33. The number of pyridine rings is 2. The number of fused-ring (bicyclic) bond motifs is 3. The summed E-state index contributed by atoms with van der Waals surface area (Å²) < 4.78 is 64.2. The van der Waals surface area contributed by atoms with Crippen LogP contribution in [-0.4, -0.2) is 9.97 Å². The van der Waals surface area contributed by atoms with Crippen LogP contribution in [0.15, 0.2) is 36.5 Å². The molecule has 0 spiro atoms. The van der Waals surface area contributed by atoms with Gasteiger partial charge in [-0.05, 0) is 61.9 Å². The van der Waals surface area contributed by atoms with Gasteiger partial charge < -0.3 is 0 Å². The van der Waals surface area contributed by atoms with Crippen LogP contribution in [0.2, 0.25) is 0 Å². The van der Waals surface area contributed by atoms with Gasteiger partial charge in [-0.3, -0.25) is 4.98 Å². The first kappa shape index (κ1) is 8.72. The molecule has 0 fully saturated rings. The molecule has 3 heteroatoms. The van der Waals surface area contributed by atoms with Crippen LogP contribution in [0, 0.1) is 20.6 Å². The Morgan fingerprint density at radius 3 is 2.83 bits per heavy atom. The molecule has 2 nitrogen and oxygen atoms in total. The molecule has 3 heterocycles. The maximum atomic E-state index is 8.15. The molecule has 0 saturated carbocycles. The third-order valence-electron chi connectivity index (χ3n) is 4.07. The Bertz CT molecular complexity index is 1350. The predicted octanol–water partition coefficient (Wildman–Crippen LogP) is 6.00. The summed E-state index contributed by atoms with van der Waals surface area (Å²) in [5.41, 5.74) is 1.89. The van der Waals surface area contributed by atoms with Crippen molar-refractivity contribution in [2.75, 3.05) is 0 Å². The second-order valence-electron chi connectivity index (χ2n) is 5.64. The van der Waals surface area contributed by atoms with Crippen molar-refractivity contribution in [3.8, 4) is 11.3 Å². The highest BCUT2D eigenvalue weighted by molar-refractivity contribution is 7.26. The SMILES string of the molecule is [2H]C([2H])([2H])c1cnc(-c2ccc(C([2H])([2H])[2H])c3c2sc2nc(C)ccc23)cc1C([2H])([2H])C. The molecule has 3 aromatic heterocycles. The molecule has 4 rings (SSSR count). The van der Waals surface area contributed by atoms with Gasteiger partial charge in [0.15, 0.2) is 0 Å². The lowest BCUT2D eigenvalue weighted by atomic mass is 10.0. The Labute approximate surface area is 157 Å². The second kappa shape index (κ2) is 5.67. The molecule has 0 bridgehead atoms. The molecule has 0 atom stereocenters. The quantitative estimate of drug-likeness (QED) is 0.447. The van der Waals surface area contributed by atoms with Gasteiger partial charge in [-0.2, -0.15) is 0 Å². The van der Waals surface area contributed by atoms with Gasteiger partial charge in [-0.25, -0.2) is 4.98 Å². The minimum atomic E-state index is -2.51. The van der Waals surface area contributed by atoms with Crippen molar-refractivity contribution in [2.45, 2.75) is 33.9 Å². The minimum Gasteiger partial charge on any atom is -0.256 e. The summed E-state index contributed by atoms with van der Waals surface area (Å²) in [5, 5.41) is 1.30. The van der Waals surface area contributed by atoms with Gasteiger partial charge in [-0.15, -0.1) is 11.3 Å². The molecule has 120 valence electrons. The number of hydrogen-bond donors (Lipinski definition) is 0. The Morgan fingerprint density at radius 2 is 2.04 bits per heavy atom. The van der Waals surface area contributed by atoms with E-state index in [1.807, 2.05) is 19.1 Å². The van der Waals surface area contributed by atoms with Gasteiger partial charge in [0.1, 0.15) is 4.83 Å². The third kappa shape index (κ3) is 2.31. The maximum Gasteiger partial charge on any atom is 0.124 e. The molecule has 0 radical (unpaired) electrons. The molecule has 24 heavy (non-hydrogen) atoms. The van der Waals surface area contributed by atoms with Gasteiger partial charge >= 0.3 is 0 Å². The highest BCUT2D eigenvalue weighted by Gasteiger charge is 2.14. The summed E-state index contributed by atoms with van der Waals surface area (Å²) >= 11 is 1.34. The van der Waals surface area contributed by atoms with E-state index in [-0.39, 0.29) is 16.7 Å². The van der Waals surface area contributed by atoms with E-state index in [9.17, 15) is 0 Å². The van der Waals surface area contributed by atoms with E-state index in [0.717, 1.165) is 11.1 Å². The fourth-order valence-electron chi connectivity index (χ4n) is 2.86. The summed E-state index contributed by atoms with van der Waals surface area (Å²) in [5.74, 6) is 0. The van der Waals surface area contributed by atoms with Crippen LogP contribution in [0.1, 0.15) is 40.3 Å². The largest absolute Gasteiger partial charge is 0.256 e. The van der Waals surface area contributed by atoms with Crippen LogP contribution >= 0.6 is 11.3 Å². The van der Waals surface area contributed by atoms with E-state index in [1.165, 1.54) is 36.6 Å². The molecule has 1 aromatic carbocycles. The standard InChI is InChI=1S/C21H20N2S/c1-5-15-10-18(22-11-13(15)3)16-8-6-12(2)19-17-9-7-14(4)23-21(17)24-20(16)19/h6-11H,5H2,1-4H3/i2D3,3D3,5D2. The zero-order valence-corrected chi connectivity index (χ0v) is 14.1. The first-order valence-electron chi connectivity index (χ1n) is 11.5. The molecule has 0 aliphatic rings. The fraction of sp³-hybridized carbons (Fsp3) is 0.238. The predicted molar refractivity (Wildman–Crippen MR) is 104 cm³/mol. The maximum absolute atomic E-state index is 8.15. The van der Waals surface area contributed by atoms with Crippen LogP contribution in [0.3, 0.4) is 0 Å². The zero-order valence-electron chi connectivity index (χ0n) is 21.3. The lowest BCUT2D eigenvalue weighted by Gasteiger charge is -2.08. The van der Waals surface area contributed by atoms with Crippen LogP contribution in [-0.2, 0) is 6.37 Å². The number of nitrogens with zero attached hydrogens (tertiary/aromatic N) is 2. The van der Waals surface area contributed by atoms with Crippen molar-refractivity contribution >= 4 is 31.6 Å². The number of aryl methyl sites for hydroxylation is 4. The Kier molecular flexibility index (Phi) is 2.06. The fourth-order valence-corrected chi connectivity index (χ4v) is 4.13. The van der Waals surface area contributed by atoms with Crippen molar-refractivity contribution in [2.24, 2.45) is 0 Å². The van der Waals surface area contributed by atoms with Crippen LogP contribution in [0.5, 0.6) is 0 Å². The van der Waals surface area contributed by atoms with Crippen molar-refractivity contribution in [3.05, 3.63) is 58.9 Å². The van der Waals surface area contributed by atoms with Crippen molar-refractivity contribution in [3.63, 3.8) is 0 Å². The van der Waals surface area contributed by atoms with Gasteiger partial charge in [0.05, 0.1) is 5.69 Å². The van der Waals surface area contributed by atoms with Gasteiger partial charge in [0.25, 0.3) is 0 Å². The van der Waals surface area contributed by atoms with Crippen LogP contribution < -0.4 is 0 Å². The molecule has 0 unspecified atom stereocenters. The van der Waals surface area contributed by atoms with E-state index < -0.39 is 20.1 Å². The van der Waals surface area contributed by atoms with Gasteiger partial charge in [-0.1, -0.05) is 19.1 Å². The lowest BCUT2D eigenvalue weighted by Crippen LogP contribution is -1.92. The van der Waals surface area contributed by atoms with Crippen LogP contribution in [0.4, 0.5) is 0 Å². The van der Waals surface area contributed by atoms with Crippen molar-refractivity contribution in [1.82, 2.24) is 9.97 Å². The summed E-state index contributed by atoms with van der Waals surface area (Å²) in [4.78, 5) is 9.59. The number of thiophene rings is 1. The smallest absolute Gasteiger partial charge is 0.124 e. The van der Waals surface area contributed by atoms with E-state index in [1.54, 1.807) is 6.07 Å². The molecule has 0 aliphatic carbocycles. The van der Waals surface area contributed by atoms with Crippen molar-refractivity contribution in [1.29, 1.82) is 0 Å². The normalized spacial score (nSPS) is 18.1. The molecular formula is C21H20N2S. The van der Waals surface area contributed by atoms with Crippen LogP contribution in [0.25, 0.3) is 31.6 Å². The summed E-state index contributed by atoms with van der Waals surface area (Å²) in [6.45, 7) is -1.68. The highest BCUT2D eigenvalue weighted by Crippen LogP contribution is 2.40. The second-order valence-corrected chi connectivity index (χ2v) is 6.64. The van der Waals surface area contributed by atoms with Gasteiger partial charge in [0.2, 0.25) is 0 Å².